The van der Waals surface area contributed by atoms with E-state index in [0.29, 0.717) is 23.1 Å². The SMILES string of the molecule is CC(C)(C#N)CCCCOc1ccc(N)cc1Cl. The van der Waals surface area contributed by atoms with Crippen LogP contribution in [0, 0.1) is 16.7 Å². The molecular weight excluding hydrogens is 248 g/mol. The van der Waals surface area contributed by atoms with E-state index in [1.165, 1.54) is 0 Å². The molecule has 18 heavy (non-hydrogen) atoms. The molecule has 0 aliphatic carbocycles. The lowest BCUT2D eigenvalue weighted by molar-refractivity contribution is 0.295. The van der Waals surface area contributed by atoms with Gasteiger partial charge in [-0.05, 0) is 51.3 Å². The summed E-state index contributed by atoms with van der Waals surface area (Å²) in [5.74, 6) is 0.658. The van der Waals surface area contributed by atoms with E-state index < -0.39 is 0 Å². The highest BCUT2D eigenvalue weighted by molar-refractivity contribution is 6.32. The lowest BCUT2D eigenvalue weighted by atomic mass is 9.89. The van der Waals surface area contributed by atoms with Crippen LogP contribution in [0.25, 0.3) is 0 Å². The molecule has 3 nitrogen and oxygen atoms in total. The quantitative estimate of drug-likeness (QED) is 0.625. The van der Waals surface area contributed by atoms with Crippen molar-refractivity contribution in [3.8, 4) is 11.8 Å². The predicted octanol–water partition coefficient (Wildman–Crippen LogP) is 4.02. The average molecular weight is 267 g/mol. The molecule has 0 amide bonds. The van der Waals surface area contributed by atoms with E-state index in [1.807, 2.05) is 13.8 Å². The number of nitrogen functional groups attached to an aromatic ring is 1. The zero-order valence-corrected chi connectivity index (χ0v) is 11.6. The van der Waals surface area contributed by atoms with E-state index in [9.17, 15) is 0 Å². The van der Waals surface area contributed by atoms with Crippen LogP contribution < -0.4 is 10.5 Å². The summed E-state index contributed by atoms with van der Waals surface area (Å²) in [6.45, 7) is 4.50. The third kappa shape index (κ3) is 4.85. The fourth-order valence-corrected chi connectivity index (χ4v) is 1.78. The number of anilines is 1. The number of rotatable bonds is 6. The Morgan fingerprint density at radius 2 is 2.11 bits per heavy atom. The van der Waals surface area contributed by atoms with E-state index in [2.05, 4.69) is 6.07 Å². The van der Waals surface area contributed by atoms with Crippen molar-refractivity contribution in [1.82, 2.24) is 0 Å². The van der Waals surface area contributed by atoms with Crippen LogP contribution in [0.15, 0.2) is 18.2 Å². The highest BCUT2D eigenvalue weighted by Gasteiger charge is 2.15. The van der Waals surface area contributed by atoms with Crippen molar-refractivity contribution in [2.75, 3.05) is 12.3 Å². The molecule has 98 valence electrons. The van der Waals surface area contributed by atoms with Gasteiger partial charge in [-0.15, -0.1) is 0 Å². The molecule has 1 aromatic rings. The van der Waals surface area contributed by atoms with Gasteiger partial charge in [0, 0.05) is 5.69 Å². The summed E-state index contributed by atoms with van der Waals surface area (Å²) < 4.78 is 5.57. The van der Waals surface area contributed by atoms with Gasteiger partial charge in [0.2, 0.25) is 0 Å². The van der Waals surface area contributed by atoms with E-state index >= 15 is 0 Å². The van der Waals surface area contributed by atoms with Crippen LogP contribution >= 0.6 is 11.6 Å². The predicted molar refractivity (Wildman–Crippen MR) is 74.6 cm³/mol. The summed E-state index contributed by atoms with van der Waals surface area (Å²) in [6, 6.07) is 7.50. The molecule has 0 unspecified atom stereocenters. The summed E-state index contributed by atoms with van der Waals surface area (Å²) in [4.78, 5) is 0. The molecule has 0 fully saturated rings. The number of benzene rings is 1. The van der Waals surface area contributed by atoms with Crippen LogP contribution in [0.2, 0.25) is 5.02 Å². The number of nitriles is 1. The van der Waals surface area contributed by atoms with Gasteiger partial charge in [-0.3, -0.25) is 0 Å². The molecule has 4 heteroatoms. The van der Waals surface area contributed by atoms with Crippen molar-refractivity contribution in [1.29, 1.82) is 5.26 Å². The highest BCUT2D eigenvalue weighted by atomic mass is 35.5. The van der Waals surface area contributed by atoms with Crippen molar-refractivity contribution in [3.63, 3.8) is 0 Å². The Bertz CT molecular complexity index is 438. The summed E-state index contributed by atoms with van der Waals surface area (Å²) in [6.07, 6.45) is 2.75. The number of nitrogens with two attached hydrogens (primary N) is 1. The fraction of sp³-hybridized carbons (Fsp3) is 0.500. The van der Waals surface area contributed by atoms with Gasteiger partial charge in [-0.25, -0.2) is 0 Å². The lowest BCUT2D eigenvalue weighted by Crippen LogP contribution is -2.08. The molecule has 0 radical (unpaired) electrons. The molecule has 2 N–H and O–H groups in total. The number of unbranched alkanes of at least 4 members (excludes halogenated alkanes) is 1. The third-order valence-electron chi connectivity index (χ3n) is 2.71. The molecule has 0 aliphatic rings. The molecule has 0 saturated heterocycles. The Labute approximate surface area is 114 Å². The molecule has 0 heterocycles. The maximum atomic E-state index is 8.88. The molecule has 0 atom stereocenters. The first-order valence-corrected chi connectivity index (χ1v) is 6.41. The van der Waals surface area contributed by atoms with Gasteiger partial charge in [-0.2, -0.15) is 5.26 Å². The van der Waals surface area contributed by atoms with Gasteiger partial charge < -0.3 is 10.5 Å². The summed E-state index contributed by atoms with van der Waals surface area (Å²) >= 11 is 5.99. The van der Waals surface area contributed by atoms with Crippen molar-refractivity contribution >= 4 is 17.3 Å². The van der Waals surface area contributed by atoms with Gasteiger partial charge in [0.15, 0.2) is 0 Å². The Hall–Kier alpha value is -1.40. The number of hydrogen-bond acceptors (Lipinski definition) is 3. The molecule has 0 saturated carbocycles. The molecule has 0 bridgehead atoms. The van der Waals surface area contributed by atoms with Gasteiger partial charge in [-0.1, -0.05) is 11.6 Å². The van der Waals surface area contributed by atoms with Gasteiger partial charge in [0.25, 0.3) is 0 Å². The molecule has 1 rings (SSSR count). The average Bonchev–Trinajstić information content (AvgIpc) is 2.31. The number of hydrogen-bond donors (Lipinski definition) is 1. The summed E-state index contributed by atoms with van der Waals surface area (Å²) in [7, 11) is 0. The maximum absolute atomic E-state index is 8.88. The molecular formula is C14H19ClN2O. The second kappa shape index (κ2) is 6.51. The van der Waals surface area contributed by atoms with Crippen LogP contribution in [-0.2, 0) is 0 Å². The first-order chi connectivity index (χ1) is 8.44. The largest absolute Gasteiger partial charge is 0.492 e. The topological polar surface area (TPSA) is 59.0 Å². The Morgan fingerprint density at radius 3 is 2.72 bits per heavy atom. The lowest BCUT2D eigenvalue weighted by Gasteiger charge is -2.14. The summed E-state index contributed by atoms with van der Waals surface area (Å²) in [5.41, 5.74) is 5.97. The number of nitrogens with zero attached hydrogens (tertiary/aromatic N) is 1. The van der Waals surface area contributed by atoms with Crippen LogP contribution in [0.3, 0.4) is 0 Å². The fourth-order valence-electron chi connectivity index (χ4n) is 1.54. The minimum Gasteiger partial charge on any atom is -0.492 e. The second-order valence-electron chi connectivity index (χ2n) is 4.99. The minimum atomic E-state index is -0.251. The zero-order valence-electron chi connectivity index (χ0n) is 10.9. The standard InChI is InChI=1S/C14H19ClN2O/c1-14(2,10-16)7-3-4-8-18-13-6-5-11(17)9-12(13)15/h5-6,9H,3-4,7-8,17H2,1-2H3. The third-order valence-corrected chi connectivity index (χ3v) is 3.01. The van der Waals surface area contributed by atoms with Gasteiger partial charge in [0.05, 0.1) is 23.1 Å². The van der Waals surface area contributed by atoms with E-state index in [4.69, 9.17) is 27.3 Å². The Morgan fingerprint density at radius 1 is 1.39 bits per heavy atom. The van der Waals surface area contributed by atoms with Crippen LogP contribution in [0.4, 0.5) is 5.69 Å². The van der Waals surface area contributed by atoms with Crippen molar-refractivity contribution in [2.24, 2.45) is 5.41 Å². The van der Waals surface area contributed by atoms with Crippen molar-refractivity contribution in [2.45, 2.75) is 33.1 Å². The Balaban J connectivity index is 2.29. The second-order valence-corrected chi connectivity index (χ2v) is 5.40. The van der Waals surface area contributed by atoms with Crippen LogP contribution in [-0.4, -0.2) is 6.61 Å². The monoisotopic (exact) mass is 266 g/mol. The van der Waals surface area contributed by atoms with Gasteiger partial charge in [0.1, 0.15) is 5.75 Å². The van der Waals surface area contributed by atoms with E-state index in [1.54, 1.807) is 18.2 Å². The highest BCUT2D eigenvalue weighted by Crippen LogP contribution is 2.27. The van der Waals surface area contributed by atoms with Crippen LogP contribution in [0.5, 0.6) is 5.75 Å². The smallest absolute Gasteiger partial charge is 0.138 e. The number of halogens is 1. The number of ether oxygens (including phenoxy) is 1. The van der Waals surface area contributed by atoms with E-state index in [-0.39, 0.29) is 5.41 Å². The molecule has 0 aliphatic heterocycles. The molecule has 0 spiro atoms. The first-order valence-electron chi connectivity index (χ1n) is 6.04. The normalized spacial score (nSPS) is 11.0. The summed E-state index contributed by atoms with van der Waals surface area (Å²) in [5, 5.41) is 9.41. The van der Waals surface area contributed by atoms with Crippen molar-refractivity contribution < 1.29 is 4.74 Å². The van der Waals surface area contributed by atoms with E-state index in [0.717, 1.165) is 19.3 Å². The molecule has 1 aromatic carbocycles. The maximum Gasteiger partial charge on any atom is 0.138 e. The first kappa shape index (κ1) is 14.7. The molecule has 0 aromatic heterocycles. The minimum absolute atomic E-state index is 0.251. The van der Waals surface area contributed by atoms with Crippen molar-refractivity contribution in [3.05, 3.63) is 23.2 Å². The van der Waals surface area contributed by atoms with Crippen LogP contribution in [0.1, 0.15) is 33.1 Å². The Kier molecular flexibility index (Phi) is 5.30. The van der Waals surface area contributed by atoms with Gasteiger partial charge >= 0.3 is 0 Å². The zero-order chi connectivity index (χ0) is 13.6.